The number of carbonyl (C=O) groups excluding carboxylic acids is 1. The van der Waals surface area contributed by atoms with Crippen LogP contribution in [0.15, 0.2) is 36.4 Å². The van der Waals surface area contributed by atoms with E-state index in [2.05, 4.69) is 17.5 Å². The van der Waals surface area contributed by atoms with E-state index >= 15 is 0 Å². The van der Waals surface area contributed by atoms with Crippen LogP contribution in [-0.4, -0.2) is 5.91 Å². The Balaban J connectivity index is 2.02. The number of nitrogens with one attached hydrogen (secondary N) is 1. The van der Waals surface area contributed by atoms with Gasteiger partial charge in [-0.25, -0.2) is 0 Å². The van der Waals surface area contributed by atoms with E-state index < -0.39 is 0 Å². The maximum absolute atomic E-state index is 12.0. The van der Waals surface area contributed by atoms with Crippen LogP contribution in [0.4, 0.5) is 5.69 Å². The van der Waals surface area contributed by atoms with Crippen LogP contribution in [0.2, 0.25) is 0 Å². The molecule has 1 aromatic rings. The lowest BCUT2D eigenvalue weighted by Crippen LogP contribution is -2.23. The summed E-state index contributed by atoms with van der Waals surface area (Å²) >= 11 is 0. The number of hydrogen-bond donors (Lipinski definition) is 1. The number of amides is 1. The topological polar surface area (TPSA) is 29.1 Å². The first-order chi connectivity index (χ1) is 7.77. The molecule has 2 heteroatoms. The molecule has 1 aliphatic rings. The first kappa shape index (κ1) is 10.9. The highest BCUT2D eigenvalue weighted by Crippen LogP contribution is 2.21. The van der Waals surface area contributed by atoms with Crippen molar-refractivity contribution in [1.82, 2.24) is 0 Å². The zero-order valence-electron chi connectivity index (χ0n) is 9.57. The molecule has 0 fully saturated rings. The van der Waals surface area contributed by atoms with E-state index in [0.717, 1.165) is 30.5 Å². The van der Waals surface area contributed by atoms with Gasteiger partial charge in [0.05, 0.1) is 0 Å². The molecule has 2 nitrogen and oxygen atoms in total. The fourth-order valence-corrected chi connectivity index (χ4v) is 1.98. The van der Waals surface area contributed by atoms with Crippen molar-refractivity contribution in [3.8, 4) is 0 Å². The maximum atomic E-state index is 12.0. The first-order valence-corrected chi connectivity index (χ1v) is 5.79. The van der Waals surface area contributed by atoms with Gasteiger partial charge in [-0.2, -0.15) is 0 Å². The third-order valence-corrected chi connectivity index (χ3v) is 3.04. The lowest BCUT2D eigenvalue weighted by Gasteiger charge is -2.18. The van der Waals surface area contributed by atoms with Crippen LogP contribution < -0.4 is 5.32 Å². The number of rotatable bonds is 2. The zero-order valence-corrected chi connectivity index (χ0v) is 9.57. The van der Waals surface area contributed by atoms with E-state index in [4.69, 9.17) is 0 Å². The van der Waals surface area contributed by atoms with Gasteiger partial charge in [0.1, 0.15) is 0 Å². The molecule has 0 saturated carbocycles. The van der Waals surface area contributed by atoms with Crippen LogP contribution >= 0.6 is 0 Å². The fourth-order valence-electron chi connectivity index (χ4n) is 1.98. The summed E-state index contributed by atoms with van der Waals surface area (Å²) in [6.45, 7) is 2.01. The number of hydrogen-bond acceptors (Lipinski definition) is 1. The molecule has 1 aromatic carbocycles. The van der Waals surface area contributed by atoms with Crippen LogP contribution in [-0.2, 0) is 4.79 Å². The van der Waals surface area contributed by atoms with Gasteiger partial charge in [0.2, 0.25) is 5.91 Å². The Morgan fingerprint density at radius 3 is 2.81 bits per heavy atom. The number of carbonyl (C=O) groups is 1. The summed E-state index contributed by atoms with van der Waals surface area (Å²) in [7, 11) is 0. The lowest BCUT2D eigenvalue weighted by atomic mass is 9.93. The third-order valence-electron chi connectivity index (χ3n) is 3.04. The molecule has 0 heterocycles. The van der Waals surface area contributed by atoms with Gasteiger partial charge in [0.25, 0.3) is 0 Å². The number of anilines is 1. The van der Waals surface area contributed by atoms with Crippen molar-refractivity contribution < 1.29 is 4.79 Å². The summed E-state index contributed by atoms with van der Waals surface area (Å²) in [6.07, 6.45) is 7.11. The second kappa shape index (κ2) is 4.97. The minimum atomic E-state index is 0.143. The van der Waals surface area contributed by atoms with Crippen LogP contribution in [0.3, 0.4) is 0 Å². The highest BCUT2D eigenvalue weighted by atomic mass is 16.1. The van der Waals surface area contributed by atoms with Gasteiger partial charge in [-0.15, -0.1) is 0 Å². The molecule has 84 valence electrons. The van der Waals surface area contributed by atoms with Crippen molar-refractivity contribution in [1.29, 1.82) is 0 Å². The first-order valence-electron chi connectivity index (χ1n) is 5.79. The fraction of sp³-hybridized carbons (Fsp3) is 0.357. The molecular weight excluding hydrogens is 198 g/mol. The molecule has 0 radical (unpaired) electrons. The zero-order chi connectivity index (χ0) is 11.4. The molecule has 0 unspecified atom stereocenters. The summed E-state index contributed by atoms with van der Waals surface area (Å²) in [5.41, 5.74) is 2.05. The Hall–Kier alpha value is -1.57. The molecule has 1 atom stereocenters. The number of allylic oxidation sites excluding steroid dienone is 2. The van der Waals surface area contributed by atoms with Gasteiger partial charge in [-0.3, -0.25) is 4.79 Å². The van der Waals surface area contributed by atoms with Crippen molar-refractivity contribution in [2.45, 2.75) is 26.2 Å². The average molecular weight is 215 g/mol. The predicted molar refractivity (Wildman–Crippen MR) is 66.3 cm³/mol. The van der Waals surface area contributed by atoms with Crippen LogP contribution in [0.25, 0.3) is 0 Å². The molecular formula is C14H17NO. The van der Waals surface area contributed by atoms with E-state index in [1.807, 2.05) is 31.2 Å². The second-order valence-electron chi connectivity index (χ2n) is 4.29. The molecule has 0 bridgehead atoms. The number of para-hydroxylation sites is 1. The van der Waals surface area contributed by atoms with Gasteiger partial charge in [-0.1, -0.05) is 30.4 Å². The van der Waals surface area contributed by atoms with Crippen molar-refractivity contribution >= 4 is 11.6 Å². The summed E-state index contributed by atoms with van der Waals surface area (Å²) < 4.78 is 0. The Bertz CT molecular complexity index is 409. The van der Waals surface area contributed by atoms with Gasteiger partial charge in [0.15, 0.2) is 0 Å². The summed E-state index contributed by atoms with van der Waals surface area (Å²) in [5.74, 6) is 0.295. The molecule has 1 N–H and O–H groups in total. The van der Waals surface area contributed by atoms with E-state index in [-0.39, 0.29) is 11.8 Å². The van der Waals surface area contributed by atoms with E-state index in [1.165, 1.54) is 0 Å². The molecule has 0 aromatic heterocycles. The number of benzene rings is 1. The van der Waals surface area contributed by atoms with Gasteiger partial charge in [-0.05, 0) is 37.8 Å². The Morgan fingerprint density at radius 1 is 1.31 bits per heavy atom. The predicted octanol–water partition coefficient (Wildman–Crippen LogP) is 3.29. The van der Waals surface area contributed by atoms with E-state index in [9.17, 15) is 4.79 Å². The van der Waals surface area contributed by atoms with Crippen molar-refractivity contribution in [2.75, 3.05) is 5.32 Å². The smallest absolute Gasteiger partial charge is 0.227 e. The molecule has 0 saturated heterocycles. The lowest BCUT2D eigenvalue weighted by molar-refractivity contribution is -0.120. The van der Waals surface area contributed by atoms with Crippen molar-refractivity contribution in [3.63, 3.8) is 0 Å². The standard InChI is InChI=1S/C14H17NO/c1-11-7-5-6-10-13(11)15-14(16)12-8-3-2-4-9-12/h2-3,5-7,10,12H,4,8-9H2,1H3,(H,15,16)/t12-/m1/s1. The highest BCUT2D eigenvalue weighted by Gasteiger charge is 2.18. The molecule has 2 rings (SSSR count). The third kappa shape index (κ3) is 2.51. The molecule has 0 aliphatic heterocycles. The summed E-state index contributed by atoms with van der Waals surface area (Å²) in [6, 6.07) is 7.89. The van der Waals surface area contributed by atoms with Crippen molar-refractivity contribution in [3.05, 3.63) is 42.0 Å². The molecule has 0 spiro atoms. The van der Waals surface area contributed by atoms with Gasteiger partial charge >= 0.3 is 0 Å². The van der Waals surface area contributed by atoms with Crippen LogP contribution in [0, 0.1) is 12.8 Å². The molecule has 1 aliphatic carbocycles. The molecule has 1 amide bonds. The normalized spacial score (nSPS) is 19.4. The minimum Gasteiger partial charge on any atom is -0.326 e. The van der Waals surface area contributed by atoms with Crippen molar-refractivity contribution in [2.24, 2.45) is 5.92 Å². The van der Waals surface area contributed by atoms with Gasteiger partial charge < -0.3 is 5.32 Å². The monoisotopic (exact) mass is 215 g/mol. The Kier molecular flexibility index (Phi) is 3.40. The maximum Gasteiger partial charge on any atom is 0.227 e. The van der Waals surface area contributed by atoms with E-state index in [1.54, 1.807) is 0 Å². The Morgan fingerprint density at radius 2 is 2.12 bits per heavy atom. The highest BCUT2D eigenvalue weighted by molar-refractivity contribution is 5.93. The van der Waals surface area contributed by atoms with E-state index in [0.29, 0.717) is 0 Å². The summed E-state index contributed by atoms with van der Waals surface area (Å²) in [5, 5.41) is 3.01. The van der Waals surface area contributed by atoms with Gasteiger partial charge in [0, 0.05) is 11.6 Å². The van der Waals surface area contributed by atoms with Crippen LogP contribution in [0.5, 0.6) is 0 Å². The van der Waals surface area contributed by atoms with Crippen LogP contribution in [0.1, 0.15) is 24.8 Å². The SMILES string of the molecule is Cc1ccccc1NC(=O)[C@@H]1CC=CCC1. The minimum absolute atomic E-state index is 0.143. The second-order valence-corrected chi connectivity index (χ2v) is 4.29. The summed E-state index contributed by atoms with van der Waals surface area (Å²) in [4.78, 5) is 12.0. The largest absolute Gasteiger partial charge is 0.326 e. The quantitative estimate of drug-likeness (QED) is 0.753. The number of aryl methyl sites for hydroxylation is 1. The average Bonchev–Trinajstić information content (AvgIpc) is 2.33. The Labute approximate surface area is 96.4 Å². The molecule has 16 heavy (non-hydrogen) atoms.